The molecule has 1 N–H and O–H groups in total. The van der Waals surface area contributed by atoms with E-state index in [-0.39, 0.29) is 20.6 Å². The molecule has 1 aromatic carbocycles. The van der Waals surface area contributed by atoms with Crippen LogP contribution in [-0.2, 0) is 9.84 Å². The van der Waals surface area contributed by atoms with Crippen LogP contribution >= 0.6 is 15.9 Å². The first-order valence-corrected chi connectivity index (χ1v) is 7.44. The molecule has 0 aliphatic heterocycles. The van der Waals surface area contributed by atoms with Crippen LogP contribution in [0.5, 0.6) is 0 Å². The molecule has 19 heavy (non-hydrogen) atoms. The number of nitrogens with zero attached hydrogens (tertiary/aromatic N) is 2. The number of hydrogen-bond acceptors (Lipinski definition) is 5. The highest BCUT2D eigenvalue weighted by molar-refractivity contribution is 9.10. The van der Waals surface area contributed by atoms with E-state index in [0.717, 1.165) is 18.5 Å². The van der Waals surface area contributed by atoms with Gasteiger partial charge in [-0.1, -0.05) is 0 Å². The zero-order valence-corrected chi connectivity index (χ0v) is 12.0. The standard InChI is InChI=1S/C11H7BrFN3O2S/c1-19(17,18)11-3-9(13)10(2-8(11)12)16-6-7(4-14)5-15/h2-3,6,16H,1H3. The molecule has 1 aromatic rings. The van der Waals surface area contributed by atoms with E-state index in [2.05, 4.69) is 21.2 Å². The highest BCUT2D eigenvalue weighted by atomic mass is 79.9. The highest BCUT2D eigenvalue weighted by Crippen LogP contribution is 2.28. The first-order chi connectivity index (χ1) is 8.79. The van der Waals surface area contributed by atoms with Gasteiger partial charge < -0.3 is 5.32 Å². The van der Waals surface area contributed by atoms with E-state index in [9.17, 15) is 12.8 Å². The third-order valence-corrected chi connectivity index (χ3v) is 4.09. The highest BCUT2D eigenvalue weighted by Gasteiger charge is 2.15. The van der Waals surface area contributed by atoms with Gasteiger partial charge in [-0.3, -0.25) is 0 Å². The Kier molecular flexibility index (Phi) is 4.65. The van der Waals surface area contributed by atoms with Crippen LogP contribution in [0.4, 0.5) is 10.1 Å². The lowest BCUT2D eigenvalue weighted by atomic mass is 10.3. The minimum atomic E-state index is -3.55. The van der Waals surface area contributed by atoms with Crippen LogP contribution in [0.3, 0.4) is 0 Å². The molecule has 0 fully saturated rings. The van der Waals surface area contributed by atoms with E-state index in [4.69, 9.17) is 10.5 Å². The Morgan fingerprint density at radius 3 is 2.47 bits per heavy atom. The van der Waals surface area contributed by atoms with Crippen molar-refractivity contribution >= 4 is 31.5 Å². The molecule has 1 rings (SSSR count). The van der Waals surface area contributed by atoms with Gasteiger partial charge in [0.2, 0.25) is 0 Å². The van der Waals surface area contributed by atoms with E-state index >= 15 is 0 Å². The summed E-state index contributed by atoms with van der Waals surface area (Å²) in [5, 5.41) is 19.5. The van der Waals surface area contributed by atoms with Gasteiger partial charge in [0.05, 0.1) is 10.6 Å². The molecule has 0 unspecified atom stereocenters. The summed E-state index contributed by atoms with van der Waals surface area (Å²) >= 11 is 3.02. The number of rotatable bonds is 3. The average molecular weight is 344 g/mol. The van der Waals surface area contributed by atoms with E-state index in [1.165, 1.54) is 6.07 Å². The van der Waals surface area contributed by atoms with Gasteiger partial charge in [-0.15, -0.1) is 0 Å². The molecular formula is C11H7BrFN3O2S. The number of nitrogens with one attached hydrogen (secondary N) is 1. The predicted molar refractivity (Wildman–Crippen MR) is 70.1 cm³/mol. The Labute approximate surface area is 118 Å². The normalized spacial score (nSPS) is 10.2. The first-order valence-electron chi connectivity index (χ1n) is 4.75. The van der Waals surface area contributed by atoms with Gasteiger partial charge in [0.25, 0.3) is 0 Å². The molecule has 0 amide bonds. The Balaban J connectivity index is 3.23. The Morgan fingerprint density at radius 1 is 1.42 bits per heavy atom. The molecule has 0 aliphatic rings. The third kappa shape index (κ3) is 3.78. The van der Waals surface area contributed by atoms with Crippen LogP contribution in [0.1, 0.15) is 0 Å². The second-order valence-electron chi connectivity index (χ2n) is 3.46. The molecular weight excluding hydrogens is 337 g/mol. The van der Waals surface area contributed by atoms with Gasteiger partial charge in [-0.05, 0) is 28.1 Å². The average Bonchev–Trinajstić information content (AvgIpc) is 2.32. The second kappa shape index (κ2) is 5.83. The zero-order chi connectivity index (χ0) is 14.6. The molecule has 8 heteroatoms. The summed E-state index contributed by atoms with van der Waals surface area (Å²) in [5.41, 5.74) is -0.287. The monoisotopic (exact) mass is 343 g/mol. The molecule has 0 aromatic heterocycles. The predicted octanol–water partition coefficient (Wildman–Crippen LogP) is 2.33. The van der Waals surface area contributed by atoms with Crippen molar-refractivity contribution in [2.45, 2.75) is 4.90 Å². The summed E-state index contributed by atoms with van der Waals surface area (Å²) in [6.45, 7) is 0. The summed E-state index contributed by atoms with van der Waals surface area (Å²) in [7, 11) is -3.55. The van der Waals surface area contributed by atoms with Crippen molar-refractivity contribution < 1.29 is 12.8 Å². The fourth-order valence-corrected chi connectivity index (χ4v) is 3.12. The Bertz CT molecular complexity index is 714. The fourth-order valence-electron chi connectivity index (χ4n) is 1.16. The molecule has 5 nitrogen and oxygen atoms in total. The number of hydrogen-bond donors (Lipinski definition) is 1. The molecule has 0 atom stereocenters. The van der Waals surface area contributed by atoms with Gasteiger partial charge in [-0.25, -0.2) is 12.8 Å². The second-order valence-corrected chi connectivity index (χ2v) is 6.30. The van der Waals surface area contributed by atoms with Crippen LogP contribution in [0.2, 0.25) is 0 Å². The number of nitriles is 2. The van der Waals surface area contributed by atoms with E-state index in [1.807, 2.05) is 0 Å². The molecule has 0 heterocycles. The Hall–Kier alpha value is -1.90. The topological polar surface area (TPSA) is 93.8 Å². The summed E-state index contributed by atoms with van der Waals surface area (Å²) in [4.78, 5) is -0.180. The van der Waals surface area contributed by atoms with Gasteiger partial charge in [0.1, 0.15) is 23.5 Å². The lowest BCUT2D eigenvalue weighted by Crippen LogP contribution is -2.01. The number of benzene rings is 1. The van der Waals surface area contributed by atoms with Crippen molar-refractivity contribution in [2.24, 2.45) is 0 Å². The van der Waals surface area contributed by atoms with Gasteiger partial charge in [0, 0.05) is 16.9 Å². The number of anilines is 1. The van der Waals surface area contributed by atoms with Crippen molar-refractivity contribution in [3.05, 3.63) is 34.2 Å². The fraction of sp³-hybridized carbons (Fsp3) is 0.0909. The van der Waals surface area contributed by atoms with Crippen LogP contribution in [0.25, 0.3) is 0 Å². The van der Waals surface area contributed by atoms with Crippen LogP contribution in [0, 0.1) is 28.5 Å². The lowest BCUT2D eigenvalue weighted by molar-refractivity contribution is 0.596. The minimum Gasteiger partial charge on any atom is -0.357 e. The molecule has 0 radical (unpaired) electrons. The van der Waals surface area contributed by atoms with Crippen molar-refractivity contribution in [1.82, 2.24) is 0 Å². The molecule has 0 saturated heterocycles. The quantitative estimate of drug-likeness (QED) is 0.850. The molecule has 0 bridgehead atoms. The molecule has 0 aliphatic carbocycles. The summed E-state index contributed by atoms with van der Waals surface area (Å²) in [6, 6.07) is 5.27. The van der Waals surface area contributed by atoms with Crippen molar-refractivity contribution in [1.29, 1.82) is 10.5 Å². The molecule has 98 valence electrons. The third-order valence-electron chi connectivity index (χ3n) is 2.03. The minimum absolute atomic E-state index is 0.0534. The van der Waals surface area contributed by atoms with E-state index < -0.39 is 15.7 Å². The lowest BCUT2D eigenvalue weighted by Gasteiger charge is -2.07. The first kappa shape index (κ1) is 15.2. The van der Waals surface area contributed by atoms with Gasteiger partial charge >= 0.3 is 0 Å². The summed E-state index contributed by atoms with van der Waals surface area (Å²) in [6.07, 6.45) is 1.99. The molecule has 0 saturated carbocycles. The van der Waals surface area contributed by atoms with Gasteiger partial charge in [0.15, 0.2) is 9.84 Å². The number of sulfone groups is 1. The van der Waals surface area contributed by atoms with E-state index in [1.54, 1.807) is 12.1 Å². The van der Waals surface area contributed by atoms with Crippen LogP contribution in [0.15, 0.2) is 33.3 Å². The van der Waals surface area contributed by atoms with Gasteiger partial charge in [-0.2, -0.15) is 10.5 Å². The largest absolute Gasteiger partial charge is 0.357 e. The van der Waals surface area contributed by atoms with Crippen LogP contribution < -0.4 is 5.32 Å². The SMILES string of the molecule is CS(=O)(=O)c1cc(F)c(NC=C(C#N)C#N)cc1Br. The molecule has 0 spiro atoms. The van der Waals surface area contributed by atoms with E-state index in [0.29, 0.717) is 0 Å². The zero-order valence-electron chi connectivity index (χ0n) is 9.61. The summed E-state index contributed by atoms with van der Waals surface area (Å²) in [5.74, 6) is -0.810. The number of halogens is 2. The maximum atomic E-state index is 13.7. The summed E-state index contributed by atoms with van der Waals surface area (Å²) < 4.78 is 36.6. The maximum Gasteiger partial charge on any atom is 0.176 e. The van der Waals surface area contributed by atoms with Crippen molar-refractivity contribution in [2.75, 3.05) is 11.6 Å². The maximum absolute atomic E-state index is 13.7. The van der Waals surface area contributed by atoms with Crippen molar-refractivity contribution in [3.63, 3.8) is 0 Å². The Morgan fingerprint density at radius 2 is 2.00 bits per heavy atom. The van der Waals surface area contributed by atoms with Crippen molar-refractivity contribution in [3.8, 4) is 12.1 Å². The van der Waals surface area contributed by atoms with Crippen LogP contribution in [-0.4, -0.2) is 14.7 Å². The smallest absolute Gasteiger partial charge is 0.176 e. The number of allylic oxidation sites excluding steroid dienone is 1.